The Morgan fingerprint density at radius 1 is 0.833 bits per heavy atom. The van der Waals surface area contributed by atoms with Gasteiger partial charge in [0.15, 0.2) is 0 Å². The molecule has 0 heterocycles. The Kier molecular flexibility index (Phi) is 3.56. The molecule has 0 aromatic heterocycles. The summed E-state index contributed by atoms with van der Waals surface area (Å²) in [7, 11) is 0. The molecule has 0 bridgehead atoms. The van der Waals surface area contributed by atoms with E-state index in [0.29, 0.717) is 17.9 Å². The van der Waals surface area contributed by atoms with Gasteiger partial charge in [-0.3, -0.25) is 0 Å². The molecule has 0 atom stereocenters. The van der Waals surface area contributed by atoms with Gasteiger partial charge in [-0.2, -0.15) is 0 Å². The molecule has 0 radical (unpaired) electrons. The Hall–Kier alpha value is -1.96. The molecule has 0 fully saturated rings. The Labute approximate surface area is 108 Å². The van der Waals surface area contributed by atoms with Crippen LogP contribution in [0.2, 0.25) is 0 Å². The zero-order chi connectivity index (χ0) is 13.1. The van der Waals surface area contributed by atoms with Crippen LogP contribution in [0.25, 0.3) is 0 Å². The van der Waals surface area contributed by atoms with Gasteiger partial charge in [-0.1, -0.05) is 43.3 Å². The maximum atomic E-state index is 10.1. The predicted molar refractivity (Wildman–Crippen MR) is 73.1 cm³/mol. The third kappa shape index (κ3) is 2.33. The standard InChI is InChI=1S/C16H18O2/c1-3-12-7-5-9-14(16(12)18)10-13-8-4-6-11(2)15(13)17/h4-9,17-18H,3,10H2,1-2H3. The predicted octanol–water partition coefficient (Wildman–Crippen LogP) is 3.56. The van der Waals surface area contributed by atoms with Gasteiger partial charge in [-0.15, -0.1) is 0 Å². The molecule has 2 nitrogen and oxygen atoms in total. The summed E-state index contributed by atoms with van der Waals surface area (Å²) in [5.41, 5.74) is 3.51. The van der Waals surface area contributed by atoms with Crippen LogP contribution in [0.5, 0.6) is 11.5 Å². The SMILES string of the molecule is CCc1cccc(Cc2cccc(C)c2O)c1O. The van der Waals surface area contributed by atoms with Gasteiger partial charge in [0.05, 0.1) is 0 Å². The van der Waals surface area contributed by atoms with Crippen molar-refractivity contribution in [1.82, 2.24) is 0 Å². The smallest absolute Gasteiger partial charge is 0.122 e. The van der Waals surface area contributed by atoms with Crippen LogP contribution in [0.3, 0.4) is 0 Å². The van der Waals surface area contributed by atoms with E-state index in [2.05, 4.69) is 0 Å². The number of phenolic OH excluding ortho intramolecular Hbond substituents is 2. The number of hydrogen-bond acceptors (Lipinski definition) is 2. The van der Waals surface area contributed by atoms with Crippen LogP contribution in [0, 0.1) is 6.92 Å². The first kappa shape index (κ1) is 12.5. The molecule has 0 amide bonds. The maximum Gasteiger partial charge on any atom is 0.122 e. The molecule has 0 aliphatic rings. The highest BCUT2D eigenvalue weighted by molar-refractivity contribution is 5.47. The number of aromatic hydroxyl groups is 2. The minimum absolute atomic E-state index is 0.318. The highest BCUT2D eigenvalue weighted by Crippen LogP contribution is 2.29. The van der Waals surface area contributed by atoms with Crippen molar-refractivity contribution < 1.29 is 10.2 Å². The van der Waals surface area contributed by atoms with Crippen LogP contribution < -0.4 is 0 Å². The minimum Gasteiger partial charge on any atom is -0.507 e. The lowest BCUT2D eigenvalue weighted by atomic mass is 9.98. The second kappa shape index (κ2) is 5.13. The molecule has 0 spiro atoms. The number of phenols is 2. The molecule has 18 heavy (non-hydrogen) atoms. The highest BCUT2D eigenvalue weighted by Gasteiger charge is 2.09. The van der Waals surface area contributed by atoms with Gasteiger partial charge in [0.25, 0.3) is 0 Å². The van der Waals surface area contributed by atoms with Crippen molar-refractivity contribution in [1.29, 1.82) is 0 Å². The number of aryl methyl sites for hydroxylation is 2. The van der Waals surface area contributed by atoms with Crippen molar-refractivity contribution in [3.8, 4) is 11.5 Å². The summed E-state index contributed by atoms with van der Waals surface area (Å²) in [5, 5.41) is 20.1. The zero-order valence-corrected chi connectivity index (χ0v) is 10.8. The summed E-state index contributed by atoms with van der Waals surface area (Å²) in [6, 6.07) is 11.5. The van der Waals surface area contributed by atoms with Crippen molar-refractivity contribution >= 4 is 0 Å². The average Bonchev–Trinajstić information content (AvgIpc) is 2.37. The van der Waals surface area contributed by atoms with Gasteiger partial charge in [-0.05, 0) is 35.6 Å². The van der Waals surface area contributed by atoms with Crippen molar-refractivity contribution in [2.75, 3.05) is 0 Å². The average molecular weight is 242 g/mol. The lowest BCUT2D eigenvalue weighted by molar-refractivity contribution is 0.457. The lowest BCUT2D eigenvalue weighted by Gasteiger charge is -2.10. The van der Waals surface area contributed by atoms with E-state index in [4.69, 9.17) is 0 Å². The number of para-hydroxylation sites is 2. The molecule has 0 aliphatic heterocycles. The Bertz CT molecular complexity index is 559. The van der Waals surface area contributed by atoms with Crippen molar-refractivity contribution in [3.05, 3.63) is 58.7 Å². The third-order valence-electron chi connectivity index (χ3n) is 3.29. The molecular weight excluding hydrogens is 224 g/mol. The maximum absolute atomic E-state index is 10.1. The summed E-state index contributed by atoms with van der Waals surface area (Å²) in [5.74, 6) is 0.666. The van der Waals surface area contributed by atoms with Gasteiger partial charge >= 0.3 is 0 Å². The highest BCUT2D eigenvalue weighted by atomic mass is 16.3. The van der Waals surface area contributed by atoms with Crippen LogP contribution in [0.15, 0.2) is 36.4 Å². The van der Waals surface area contributed by atoms with Crippen molar-refractivity contribution in [2.45, 2.75) is 26.7 Å². The third-order valence-corrected chi connectivity index (χ3v) is 3.29. The lowest BCUT2D eigenvalue weighted by Crippen LogP contribution is -1.93. The topological polar surface area (TPSA) is 40.5 Å². The van der Waals surface area contributed by atoms with E-state index < -0.39 is 0 Å². The monoisotopic (exact) mass is 242 g/mol. The fraction of sp³-hybridized carbons (Fsp3) is 0.250. The summed E-state index contributed by atoms with van der Waals surface area (Å²) in [6.07, 6.45) is 1.35. The molecule has 2 heteroatoms. The van der Waals surface area contributed by atoms with Crippen LogP contribution in [-0.4, -0.2) is 10.2 Å². The van der Waals surface area contributed by atoms with Gasteiger partial charge in [0.1, 0.15) is 11.5 Å². The summed E-state index contributed by atoms with van der Waals surface area (Å²) in [4.78, 5) is 0. The Morgan fingerprint density at radius 3 is 2.06 bits per heavy atom. The molecule has 0 unspecified atom stereocenters. The van der Waals surface area contributed by atoms with Gasteiger partial charge < -0.3 is 10.2 Å². The second-order valence-electron chi connectivity index (χ2n) is 4.54. The van der Waals surface area contributed by atoms with E-state index in [1.54, 1.807) is 0 Å². The molecule has 2 aromatic carbocycles. The van der Waals surface area contributed by atoms with Crippen LogP contribution in [0.4, 0.5) is 0 Å². The molecule has 2 aromatic rings. The summed E-state index contributed by atoms with van der Waals surface area (Å²) < 4.78 is 0. The molecule has 2 N–H and O–H groups in total. The van der Waals surface area contributed by atoms with Crippen LogP contribution in [0.1, 0.15) is 29.2 Å². The molecular formula is C16H18O2. The van der Waals surface area contributed by atoms with Crippen molar-refractivity contribution in [3.63, 3.8) is 0 Å². The zero-order valence-electron chi connectivity index (χ0n) is 10.8. The fourth-order valence-electron chi connectivity index (χ4n) is 2.14. The molecule has 0 saturated heterocycles. The Morgan fingerprint density at radius 2 is 1.39 bits per heavy atom. The fourth-order valence-corrected chi connectivity index (χ4v) is 2.14. The first-order valence-electron chi connectivity index (χ1n) is 6.20. The van der Waals surface area contributed by atoms with Gasteiger partial charge in [0, 0.05) is 6.42 Å². The first-order chi connectivity index (χ1) is 8.63. The summed E-state index contributed by atoms with van der Waals surface area (Å²) in [6.45, 7) is 3.89. The van der Waals surface area contributed by atoms with Crippen LogP contribution in [-0.2, 0) is 12.8 Å². The van der Waals surface area contributed by atoms with Gasteiger partial charge in [-0.25, -0.2) is 0 Å². The first-order valence-corrected chi connectivity index (χ1v) is 6.20. The molecule has 0 aliphatic carbocycles. The molecule has 2 rings (SSSR count). The molecule has 94 valence electrons. The van der Waals surface area contributed by atoms with Gasteiger partial charge in [0.2, 0.25) is 0 Å². The number of benzene rings is 2. The minimum atomic E-state index is 0.318. The normalized spacial score (nSPS) is 10.6. The van der Waals surface area contributed by atoms with E-state index in [1.807, 2.05) is 50.2 Å². The Balaban J connectivity index is 2.37. The van der Waals surface area contributed by atoms with Crippen LogP contribution >= 0.6 is 0 Å². The van der Waals surface area contributed by atoms with E-state index in [9.17, 15) is 10.2 Å². The number of hydrogen-bond donors (Lipinski definition) is 2. The summed E-state index contributed by atoms with van der Waals surface area (Å²) >= 11 is 0. The number of rotatable bonds is 3. The van der Waals surface area contributed by atoms with E-state index >= 15 is 0 Å². The van der Waals surface area contributed by atoms with E-state index in [0.717, 1.165) is 28.7 Å². The largest absolute Gasteiger partial charge is 0.507 e. The second-order valence-corrected chi connectivity index (χ2v) is 4.54. The van der Waals surface area contributed by atoms with E-state index in [-0.39, 0.29) is 0 Å². The van der Waals surface area contributed by atoms with E-state index in [1.165, 1.54) is 0 Å². The molecule has 0 saturated carbocycles. The quantitative estimate of drug-likeness (QED) is 0.864. The van der Waals surface area contributed by atoms with Crippen molar-refractivity contribution in [2.24, 2.45) is 0 Å².